The van der Waals surface area contributed by atoms with Crippen LogP contribution in [0.1, 0.15) is 5.69 Å². The first kappa shape index (κ1) is 17.8. The highest BCUT2D eigenvalue weighted by Gasteiger charge is 2.31. The van der Waals surface area contributed by atoms with Crippen molar-refractivity contribution in [2.45, 2.75) is 11.8 Å². The smallest absolute Gasteiger partial charge is 0.246 e. The number of piperazine rings is 1. The van der Waals surface area contributed by atoms with Gasteiger partial charge in [-0.3, -0.25) is 0 Å². The van der Waals surface area contributed by atoms with Crippen LogP contribution in [0.2, 0.25) is 0 Å². The zero-order valence-electron chi connectivity index (χ0n) is 15.2. The minimum Gasteiger partial charge on any atom is -0.369 e. The Labute approximate surface area is 159 Å². The largest absolute Gasteiger partial charge is 0.369 e. The van der Waals surface area contributed by atoms with Gasteiger partial charge in [-0.1, -0.05) is 36.4 Å². The topological polar surface area (TPSA) is 58.4 Å². The van der Waals surface area contributed by atoms with Crippen molar-refractivity contribution in [3.05, 3.63) is 72.6 Å². The summed E-state index contributed by atoms with van der Waals surface area (Å²) in [7, 11) is -3.56. The molecule has 2 aromatic carbocycles. The van der Waals surface area contributed by atoms with Crippen molar-refractivity contribution < 1.29 is 8.42 Å². The Kier molecular flexibility index (Phi) is 4.72. The van der Waals surface area contributed by atoms with Crippen LogP contribution in [0.5, 0.6) is 0 Å². The number of para-hydroxylation sites is 2. The second-order valence-electron chi connectivity index (χ2n) is 6.59. The quantitative estimate of drug-likeness (QED) is 0.696. The number of anilines is 1. The number of nitrogens with zero attached hydrogens (tertiary/aromatic N) is 4. The molecule has 0 radical (unpaired) electrons. The van der Waals surface area contributed by atoms with Crippen molar-refractivity contribution in [3.8, 4) is 5.69 Å². The number of hydrogen-bond donors (Lipinski definition) is 0. The molecule has 1 aliphatic heterocycles. The normalized spacial score (nSPS) is 15.8. The zero-order chi connectivity index (χ0) is 18.9. The number of hydrogen-bond acceptors (Lipinski definition) is 4. The molecule has 0 amide bonds. The van der Waals surface area contributed by atoms with E-state index in [9.17, 15) is 8.42 Å². The minimum absolute atomic E-state index is 0.277. The van der Waals surface area contributed by atoms with E-state index >= 15 is 0 Å². The van der Waals surface area contributed by atoms with Gasteiger partial charge in [0.2, 0.25) is 10.0 Å². The summed E-state index contributed by atoms with van der Waals surface area (Å²) in [4.78, 5) is 2.49. The van der Waals surface area contributed by atoms with Crippen molar-refractivity contribution in [1.29, 1.82) is 0 Å². The molecule has 1 aliphatic rings. The molecule has 0 unspecified atom stereocenters. The zero-order valence-corrected chi connectivity index (χ0v) is 16.0. The van der Waals surface area contributed by atoms with Crippen LogP contribution in [0, 0.1) is 6.92 Å². The molecule has 0 atom stereocenters. The van der Waals surface area contributed by atoms with Crippen LogP contribution in [0.25, 0.3) is 5.69 Å². The summed E-state index contributed by atoms with van der Waals surface area (Å²) in [6.07, 6.45) is 1.61. The molecule has 7 heteroatoms. The fraction of sp³-hybridized carbons (Fsp3) is 0.250. The molecular formula is C20H22N4O2S. The Balaban J connectivity index is 1.54. The van der Waals surface area contributed by atoms with Crippen LogP contribution < -0.4 is 4.90 Å². The van der Waals surface area contributed by atoms with Gasteiger partial charge < -0.3 is 4.90 Å². The second-order valence-corrected chi connectivity index (χ2v) is 8.49. The van der Waals surface area contributed by atoms with Crippen LogP contribution in [-0.4, -0.2) is 48.7 Å². The molecule has 0 N–H and O–H groups in total. The second kappa shape index (κ2) is 7.17. The fourth-order valence-corrected chi connectivity index (χ4v) is 4.94. The monoisotopic (exact) mass is 382 g/mol. The molecule has 1 aromatic heterocycles. The maximum absolute atomic E-state index is 13.1. The molecule has 1 fully saturated rings. The lowest BCUT2D eigenvalue weighted by atomic mass is 10.2. The van der Waals surface area contributed by atoms with Crippen LogP contribution in [0.4, 0.5) is 5.69 Å². The Morgan fingerprint density at radius 1 is 0.815 bits per heavy atom. The molecule has 0 bridgehead atoms. The van der Waals surface area contributed by atoms with Crippen molar-refractivity contribution in [2.24, 2.45) is 0 Å². The number of sulfonamides is 1. The first-order valence-electron chi connectivity index (χ1n) is 8.97. The van der Waals surface area contributed by atoms with Gasteiger partial charge in [-0.2, -0.15) is 9.40 Å². The number of aromatic nitrogens is 2. The van der Waals surface area contributed by atoms with E-state index in [1.165, 1.54) is 0 Å². The molecule has 1 saturated heterocycles. The highest BCUT2D eigenvalue weighted by atomic mass is 32.2. The van der Waals surface area contributed by atoms with E-state index in [1.54, 1.807) is 22.1 Å². The fourth-order valence-electron chi connectivity index (χ4n) is 3.38. The maximum Gasteiger partial charge on any atom is 0.246 e. The number of aryl methyl sites for hydroxylation is 1. The lowest BCUT2D eigenvalue weighted by Crippen LogP contribution is -2.48. The molecule has 140 valence electrons. The van der Waals surface area contributed by atoms with Gasteiger partial charge in [0.1, 0.15) is 4.90 Å². The average molecular weight is 382 g/mol. The highest BCUT2D eigenvalue weighted by Crippen LogP contribution is 2.23. The predicted molar refractivity (Wildman–Crippen MR) is 106 cm³/mol. The first-order chi connectivity index (χ1) is 13.1. The van der Waals surface area contributed by atoms with Crippen LogP contribution in [0.3, 0.4) is 0 Å². The van der Waals surface area contributed by atoms with Crippen molar-refractivity contribution >= 4 is 15.7 Å². The van der Waals surface area contributed by atoms with Gasteiger partial charge >= 0.3 is 0 Å². The van der Waals surface area contributed by atoms with E-state index in [1.807, 2.05) is 48.5 Å². The van der Waals surface area contributed by atoms with Crippen molar-refractivity contribution in [2.75, 3.05) is 31.1 Å². The van der Waals surface area contributed by atoms with Gasteiger partial charge in [0, 0.05) is 31.9 Å². The van der Waals surface area contributed by atoms with Crippen molar-refractivity contribution in [1.82, 2.24) is 14.1 Å². The van der Waals surface area contributed by atoms with E-state index in [0.717, 1.165) is 11.4 Å². The van der Waals surface area contributed by atoms with Crippen LogP contribution in [0.15, 0.2) is 71.8 Å². The third-order valence-electron chi connectivity index (χ3n) is 4.85. The Morgan fingerprint density at radius 2 is 1.37 bits per heavy atom. The number of benzene rings is 2. The van der Waals surface area contributed by atoms with E-state index in [2.05, 4.69) is 22.1 Å². The lowest BCUT2D eigenvalue weighted by molar-refractivity contribution is 0.384. The third-order valence-corrected chi connectivity index (χ3v) is 6.85. The summed E-state index contributed by atoms with van der Waals surface area (Å²) in [6, 6.07) is 19.6. The van der Waals surface area contributed by atoms with Crippen LogP contribution >= 0.6 is 0 Å². The summed E-state index contributed by atoms with van der Waals surface area (Å²) in [5, 5.41) is 4.40. The standard InChI is InChI=1S/C20H22N4O2S/c1-17-20(16-24(21-17)19-10-6-3-7-11-19)27(25,26)23-14-12-22(13-15-23)18-8-4-2-5-9-18/h2-11,16H,12-15H2,1H3. The van der Waals surface area contributed by atoms with E-state index in [0.29, 0.717) is 31.9 Å². The van der Waals surface area contributed by atoms with Gasteiger partial charge in [0.15, 0.2) is 0 Å². The van der Waals surface area contributed by atoms with E-state index in [-0.39, 0.29) is 4.90 Å². The van der Waals surface area contributed by atoms with Gasteiger partial charge in [-0.25, -0.2) is 13.1 Å². The van der Waals surface area contributed by atoms with Gasteiger partial charge in [0.05, 0.1) is 17.6 Å². The minimum atomic E-state index is -3.56. The highest BCUT2D eigenvalue weighted by molar-refractivity contribution is 7.89. The Morgan fingerprint density at radius 3 is 1.96 bits per heavy atom. The number of rotatable bonds is 4. The van der Waals surface area contributed by atoms with E-state index in [4.69, 9.17) is 0 Å². The summed E-state index contributed by atoms with van der Waals surface area (Å²) >= 11 is 0. The molecule has 3 aromatic rings. The molecular weight excluding hydrogens is 360 g/mol. The Bertz CT molecular complexity index is 1010. The van der Waals surface area contributed by atoms with Crippen molar-refractivity contribution in [3.63, 3.8) is 0 Å². The average Bonchev–Trinajstić information content (AvgIpc) is 3.12. The molecule has 0 aliphatic carbocycles. The SMILES string of the molecule is Cc1nn(-c2ccccc2)cc1S(=O)(=O)N1CCN(c2ccccc2)CC1. The summed E-state index contributed by atoms with van der Waals surface area (Å²) < 4.78 is 29.5. The Hall–Kier alpha value is -2.64. The predicted octanol–water partition coefficient (Wildman–Crippen LogP) is 2.69. The summed E-state index contributed by atoms with van der Waals surface area (Å²) in [5.41, 5.74) is 2.49. The van der Waals surface area contributed by atoms with Crippen LogP contribution in [-0.2, 0) is 10.0 Å². The lowest BCUT2D eigenvalue weighted by Gasteiger charge is -2.35. The summed E-state index contributed by atoms with van der Waals surface area (Å²) in [6.45, 7) is 4.02. The van der Waals surface area contributed by atoms with Gasteiger partial charge in [-0.05, 0) is 31.2 Å². The molecule has 4 rings (SSSR count). The molecule has 0 spiro atoms. The summed E-state index contributed by atoms with van der Waals surface area (Å²) in [5.74, 6) is 0. The molecule has 2 heterocycles. The molecule has 0 saturated carbocycles. The third kappa shape index (κ3) is 3.48. The maximum atomic E-state index is 13.1. The van der Waals surface area contributed by atoms with E-state index < -0.39 is 10.0 Å². The van der Waals surface area contributed by atoms with Gasteiger partial charge in [-0.15, -0.1) is 0 Å². The molecule has 27 heavy (non-hydrogen) atoms. The molecule has 6 nitrogen and oxygen atoms in total. The van der Waals surface area contributed by atoms with Gasteiger partial charge in [0.25, 0.3) is 0 Å². The first-order valence-corrected chi connectivity index (χ1v) is 10.4.